The molecule has 0 unspecified atom stereocenters. The van der Waals surface area contributed by atoms with Crippen molar-refractivity contribution in [3.05, 3.63) is 53.1 Å². The molecule has 3 aromatic rings. The highest BCUT2D eigenvalue weighted by Gasteiger charge is 2.26. The summed E-state index contributed by atoms with van der Waals surface area (Å²) in [7, 11) is -2.73. The van der Waals surface area contributed by atoms with E-state index in [2.05, 4.69) is 15.0 Å². The number of carbonyl (C=O) groups excluding carboxylic acids is 2. The molecule has 0 bridgehead atoms. The maximum Gasteiger partial charge on any atom is 0.290 e. The number of thioether (sulfide) groups is 1. The lowest BCUT2D eigenvalue weighted by Crippen LogP contribution is -2.19. The van der Waals surface area contributed by atoms with Crippen molar-refractivity contribution in [3.63, 3.8) is 0 Å². The monoisotopic (exact) mass is 433 g/mol. The maximum absolute atomic E-state index is 14.4. The van der Waals surface area contributed by atoms with Crippen molar-refractivity contribution >= 4 is 50.0 Å². The molecule has 3 heterocycles. The number of nitrogens with one attached hydrogen (secondary N) is 2. The highest BCUT2D eigenvalue weighted by Crippen LogP contribution is 2.33. The van der Waals surface area contributed by atoms with Gasteiger partial charge in [0.05, 0.1) is 4.91 Å². The molecular weight excluding hydrogens is 421 g/mol. The third-order valence-electron chi connectivity index (χ3n) is 4.16. The summed E-state index contributed by atoms with van der Waals surface area (Å²) in [4.78, 5) is 26.8. The molecular formula is C18H12FN3O5S2. The van der Waals surface area contributed by atoms with E-state index in [-0.39, 0.29) is 4.91 Å². The number of rotatable bonds is 4. The SMILES string of the molecule is CNS(=O)(=O)c1ccc(-c2cncc3cc(/C=C4\SC(=O)NC4=O)oc23)cc1F. The molecule has 0 radical (unpaired) electrons. The molecule has 2 N–H and O–H groups in total. The number of halogens is 1. The van der Waals surface area contributed by atoms with Crippen molar-refractivity contribution in [1.82, 2.24) is 15.0 Å². The fraction of sp³-hybridized carbons (Fsp3) is 0.0556. The Morgan fingerprint density at radius 3 is 2.69 bits per heavy atom. The minimum Gasteiger partial charge on any atom is -0.456 e. The molecule has 4 rings (SSSR count). The topological polar surface area (TPSA) is 118 Å². The molecule has 1 aliphatic rings. The Kier molecular flexibility index (Phi) is 4.73. The van der Waals surface area contributed by atoms with Gasteiger partial charge in [0.25, 0.3) is 11.1 Å². The quantitative estimate of drug-likeness (QED) is 0.607. The zero-order valence-electron chi connectivity index (χ0n) is 14.7. The van der Waals surface area contributed by atoms with Gasteiger partial charge in [0.15, 0.2) is 0 Å². The Balaban J connectivity index is 1.79. The van der Waals surface area contributed by atoms with Crippen LogP contribution in [0.5, 0.6) is 0 Å². The van der Waals surface area contributed by atoms with Crippen molar-refractivity contribution < 1.29 is 26.8 Å². The summed E-state index contributed by atoms with van der Waals surface area (Å²) < 4.78 is 46.0. The van der Waals surface area contributed by atoms with Gasteiger partial charge in [0.1, 0.15) is 22.1 Å². The summed E-state index contributed by atoms with van der Waals surface area (Å²) in [6, 6.07) is 5.32. The smallest absolute Gasteiger partial charge is 0.290 e. The summed E-state index contributed by atoms with van der Waals surface area (Å²) in [6.45, 7) is 0. The minimum atomic E-state index is -3.93. The molecule has 0 atom stereocenters. The van der Waals surface area contributed by atoms with E-state index in [0.717, 1.165) is 23.9 Å². The predicted octanol–water partition coefficient (Wildman–Crippen LogP) is 2.87. The molecule has 0 saturated carbocycles. The summed E-state index contributed by atoms with van der Waals surface area (Å²) >= 11 is 0.760. The van der Waals surface area contributed by atoms with Crippen LogP contribution in [0.3, 0.4) is 0 Å². The van der Waals surface area contributed by atoms with Gasteiger partial charge in [-0.05, 0) is 42.6 Å². The highest BCUT2D eigenvalue weighted by molar-refractivity contribution is 8.18. The van der Waals surface area contributed by atoms with Crippen molar-refractivity contribution in [2.24, 2.45) is 0 Å². The van der Waals surface area contributed by atoms with Gasteiger partial charge in [-0.15, -0.1) is 0 Å². The molecule has 1 aromatic carbocycles. The van der Waals surface area contributed by atoms with Gasteiger partial charge in [-0.1, -0.05) is 6.07 Å². The van der Waals surface area contributed by atoms with E-state index in [1.165, 1.54) is 31.6 Å². The lowest BCUT2D eigenvalue weighted by atomic mass is 10.1. The zero-order valence-corrected chi connectivity index (χ0v) is 16.4. The summed E-state index contributed by atoms with van der Waals surface area (Å²) in [6.07, 6.45) is 4.43. The lowest BCUT2D eigenvalue weighted by molar-refractivity contribution is -0.115. The fourth-order valence-corrected chi connectivity index (χ4v) is 4.25. The first-order valence-corrected chi connectivity index (χ1v) is 10.4. The second kappa shape index (κ2) is 7.10. The van der Waals surface area contributed by atoms with Gasteiger partial charge in [-0.3, -0.25) is 19.9 Å². The largest absolute Gasteiger partial charge is 0.456 e. The molecule has 0 aliphatic carbocycles. The lowest BCUT2D eigenvalue weighted by Gasteiger charge is -2.07. The maximum atomic E-state index is 14.4. The number of aromatic nitrogens is 1. The summed E-state index contributed by atoms with van der Waals surface area (Å²) in [5, 5.41) is 2.28. The molecule has 148 valence electrons. The van der Waals surface area contributed by atoms with Crippen LogP contribution in [0.15, 0.2) is 50.9 Å². The number of fused-ring (bicyclic) bond motifs is 1. The van der Waals surface area contributed by atoms with Gasteiger partial charge in [-0.25, -0.2) is 17.5 Å². The molecule has 2 aromatic heterocycles. The van der Waals surface area contributed by atoms with Crippen molar-refractivity contribution in [2.75, 3.05) is 7.05 Å². The number of benzene rings is 1. The first-order valence-electron chi connectivity index (χ1n) is 8.14. The third-order valence-corrected chi connectivity index (χ3v) is 6.42. The van der Waals surface area contributed by atoms with Crippen LogP contribution in [-0.4, -0.2) is 31.6 Å². The Hall–Kier alpha value is -3.02. The molecule has 1 fully saturated rings. The van der Waals surface area contributed by atoms with Crippen LogP contribution < -0.4 is 10.0 Å². The average Bonchev–Trinajstić information content (AvgIpc) is 3.23. The molecule has 8 nitrogen and oxygen atoms in total. The van der Waals surface area contributed by atoms with E-state index in [4.69, 9.17) is 4.42 Å². The normalized spacial score (nSPS) is 16.0. The summed E-state index contributed by atoms with van der Waals surface area (Å²) in [5.74, 6) is -1.11. The van der Waals surface area contributed by atoms with E-state index in [9.17, 15) is 22.4 Å². The van der Waals surface area contributed by atoms with Crippen LogP contribution in [0.4, 0.5) is 9.18 Å². The number of nitrogens with zero attached hydrogens (tertiary/aromatic N) is 1. The van der Waals surface area contributed by atoms with Crippen molar-refractivity contribution in [3.8, 4) is 11.1 Å². The highest BCUT2D eigenvalue weighted by atomic mass is 32.2. The Morgan fingerprint density at radius 2 is 2.03 bits per heavy atom. The van der Waals surface area contributed by atoms with Crippen LogP contribution >= 0.6 is 11.8 Å². The van der Waals surface area contributed by atoms with Crippen molar-refractivity contribution in [2.45, 2.75) is 4.90 Å². The number of imide groups is 1. The van der Waals surface area contributed by atoms with E-state index < -0.39 is 31.9 Å². The number of hydrogen-bond donors (Lipinski definition) is 2. The summed E-state index contributed by atoms with van der Waals surface area (Å²) in [5.41, 5.74) is 1.19. The zero-order chi connectivity index (χ0) is 20.8. The average molecular weight is 433 g/mol. The van der Waals surface area contributed by atoms with Gasteiger partial charge in [-0.2, -0.15) is 0 Å². The van der Waals surface area contributed by atoms with Crippen LogP contribution in [0, 0.1) is 5.82 Å². The third kappa shape index (κ3) is 3.55. The number of hydrogen-bond acceptors (Lipinski definition) is 7. The minimum absolute atomic E-state index is 0.191. The number of sulfonamides is 1. The number of furan rings is 1. The van der Waals surface area contributed by atoms with Crippen molar-refractivity contribution in [1.29, 1.82) is 0 Å². The standard InChI is InChI=1S/C18H12FN3O5S2/c1-20-29(25,26)15-3-2-9(5-13(15)19)12-8-21-7-10-4-11(27-16(10)12)6-14-17(23)22-18(24)28-14/h2-8,20H,1H3,(H,22,23,24)/b14-6-. The Labute approximate surface area is 168 Å². The van der Waals surface area contributed by atoms with Crippen LogP contribution in [-0.2, 0) is 14.8 Å². The van der Waals surface area contributed by atoms with Crippen LogP contribution in [0.25, 0.3) is 28.2 Å². The molecule has 1 saturated heterocycles. The first kappa shape index (κ1) is 19.3. The fourth-order valence-electron chi connectivity index (χ4n) is 2.81. The molecule has 11 heteroatoms. The second-order valence-electron chi connectivity index (χ2n) is 5.96. The van der Waals surface area contributed by atoms with Crippen LogP contribution in [0.2, 0.25) is 0 Å². The molecule has 2 amide bonds. The van der Waals surface area contributed by atoms with Gasteiger partial charge < -0.3 is 4.42 Å². The van der Waals surface area contributed by atoms with Gasteiger partial charge >= 0.3 is 0 Å². The van der Waals surface area contributed by atoms with E-state index in [1.54, 1.807) is 6.07 Å². The molecule has 1 aliphatic heterocycles. The predicted molar refractivity (Wildman–Crippen MR) is 105 cm³/mol. The van der Waals surface area contributed by atoms with E-state index in [0.29, 0.717) is 27.9 Å². The molecule has 0 spiro atoms. The van der Waals surface area contributed by atoms with E-state index in [1.807, 2.05) is 0 Å². The second-order valence-corrected chi connectivity index (χ2v) is 8.83. The van der Waals surface area contributed by atoms with Gasteiger partial charge in [0, 0.05) is 29.4 Å². The van der Waals surface area contributed by atoms with Crippen LogP contribution in [0.1, 0.15) is 5.76 Å². The first-order chi connectivity index (χ1) is 13.8. The number of amides is 2. The number of pyridine rings is 1. The van der Waals surface area contributed by atoms with E-state index >= 15 is 0 Å². The Bertz CT molecular complexity index is 1310. The Morgan fingerprint density at radius 1 is 1.24 bits per heavy atom. The number of carbonyl (C=O) groups is 2. The molecule has 29 heavy (non-hydrogen) atoms. The van der Waals surface area contributed by atoms with Gasteiger partial charge in [0.2, 0.25) is 10.0 Å².